The van der Waals surface area contributed by atoms with E-state index in [1.165, 1.54) is 12.5 Å². The standard InChI is InChI=1S/C20H27FN4O/c21-18-4-1-3-17(11-18)12-24-8-2-6-20(14-24)15-25(9-10-26-16-20)13-19-5-7-22-23-19/h1,3-5,7,11H,2,6,8-10,12-16H2,(H,22,23). The molecule has 1 spiro atoms. The Morgan fingerprint density at radius 1 is 1.15 bits per heavy atom. The lowest BCUT2D eigenvalue weighted by Gasteiger charge is -2.43. The Labute approximate surface area is 154 Å². The van der Waals surface area contributed by atoms with E-state index in [4.69, 9.17) is 4.74 Å². The molecule has 2 saturated heterocycles. The Kier molecular flexibility index (Phi) is 5.33. The number of H-pyrrole nitrogens is 1. The number of piperidine rings is 1. The molecule has 26 heavy (non-hydrogen) atoms. The summed E-state index contributed by atoms with van der Waals surface area (Å²) in [6.45, 7) is 7.33. The summed E-state index contributed by atoms with van der Waals surface area (Å²) in [5, 5.41) is 7.12. The maximum Gasteiger partial charge on any atom is 0.123 e. The monoisotopic (exact) mass is 358 g/mol. The van der Waals surface area contributed by atoms with Crippen LogP contribution >= 0.6 is 0 Å². The second kappa shape index (κ2) is 7.86. The minimum Gasteiger partial charge on any atom is -0.379 e. The molecule has 2 aliphatic heterocycles. The van der Waals surface area contributed by atoms with Gasteiger partial charge in [-0.05, 0) is 43.1 Å². The highest BCUT2D eigenvalue weighted by atomic mass is 19.1. The van der Waals surface area contributed by atoms with Crippen LogP contribution in [0.15, 0.2) is 36.5 Å². The van der Waals surface area contributed by atoms with Crippen LogP contribution in [-0.2, 0) is 17.8 Å². The van der Waals surface area contributed by atoms with E-state index in [9.17, 15) is 4.39 Å². The van der Waals surface area contributed by atoms with Gasteiger partial charge in [-0.1, -0.05) is 12.1 Å². The molecular formula is C20H27FN4O. The van der Waals surface area contributed by atoms with Crippen LogP contribution in [0.4, 0.5) is 4.39 Å². The van der Waals surface area contributed by atoms with E-state index in [-0.39, 0.29) is 11.2 Å². The third kappa shape index (κ3) is 4.31. The molecule has 0 bridgehead atoms. The average Bonchev–Trinajstić information content (AvgIpc) is 3.04. The first-order chi connectivity index (χ1) is 12.7. The summed E-state index contributed by atoms with van der Waals surface area (Å²) in [6.07, 6.45) is 4.16. The fourth-order valence-corrected chi connectivity index (χ4v) is 4.42. The van der Waals surface area contributed by atoms with Crippen LogP contribution in [0, 0.1) is 11.2 Å². The third-order valence-corrected chi connectivity index (χ3v) is 5.51. The van der Waals surface area contributed by atoms with Gasteiger partial charge in [0, 0.05) is 50.0 Å². The van der Waals surface area contributed by atoms with Gasteiger partial charge in [-0.15, -0.1) is 0 Å². The second-order valence-corrected chi connectivity index (χ2v) is 7.79. The zero-order valence-corrected chi connectivity index (χ0v) is 15.2. The predicted octanol–water partition coefficient (Wildman–Crippen LogP) is 2.66. The van der Waals surface area contributed by atoms with E-state index in [2.05, 4.69) is 20.0 Å². The minimum absolute atomic E-state index is 0.155. The van der Waals surface area contributed by atoms with Gasteiger partial charge < -0.3 is 4.74 Å². The van der Waals surface area contributed by atoms with Crippen LogP contribution in [0.3, 0.4) is 0 Å². The number of hydrogen-bond donors (Lipinski definition) is 1. The van der Waals surface area contributed by atoms with Gasteiger partial charge in [0.05, 0.1) is 13.2 Å². The zero-order chi connectivity index (χ0) is 17.8. The Morgan fingerprint density at radius 2 is 2.04 bits per heavy atom. The van der Waals surface area contributed by atoms with Crippen molar-refractivity contribution in [2.24, 2.45) is 5.41 Å². The molecule has 6 heteroatoms. The molecule has 2 fully saturated rings. The summed E-state index contributed by atoms with van der Waals surface area (Å²) in [6, 6.07) is 9.00. The van der Waals surface area contributed by atoms with Crippen LogP contribution in [0.2, 0.25) is 0 Å². The van der Waals surface area contributed by atoms with E-state index in [0.29, 0.717) is 0 Å². The van der Waals surface area contributed by atoms with Crippen molar-refractivity contribution in [2.75, 3.05) is 39.4 Å². The molecule has 1 N–H and O–H groups in total. The van der Waals surface area contributed by atoms with Crippen LogP contribution < -0.4 is 0 Å². The lowest BCUT2D eigenvalue weighted by atomic mass is 9.80. The highest BCUT2D eigenvalue weighted by Gasteiger charge is 2.38. The lowest BCUT2D eigenvalue weighted by Crippen LogP contribution is -2.50. The van der Waals surface area contributed by atoms with Crippen molar-refractivity contribution in [3.05, 3.63) is 53.6 Å². The molecule has 0 amide bonds. The highest BCUT2D eigenvalue weighted by Crippen LogP contribution is 2.34. The van der Waals surface area contributed by atoms with Crippen molar-refractivity contribution in [1.29, 1.82) is 0 Å². The molecule has 4 rings (SSSR count). The maximum atomic E-state index is 13.5. The van der Waals surface area contributed by atoms with E-state index in [0.717, 1.165) is 70.2 Å². The van der Waals surface area contributed by atoms with Gasteiger partial charge in [-0.2, -0.15) is 5.10 Å². The van der Waals surface area contributed by atoms with Gasteiger partial charge >= 0.3 is 0 Å². The highest BCUT2D eigenvalue weighted by molar-refractivity contribution is 5.16. The number of aromatic nitrogens is 2. The van der Waals surface area contributed by atoms with Gasteiger partial charge in [0.15, 0.2) is 0 Å². The van der Waals surface area contributed by atoms with E-state index in [1.54, 1.807) is 18.3 Å². The van der Waals surface area contributed by atoms with E-state index < -0.39 is 0 Å². The van der Waals surface area contributed by atoms with Gasteiger partial charge in [0.25, 0.3) is 0 Å². The number of likely N-dealkylation sites (tertiary alicyclic amines) is 1. The van der Waals surface area contributed by atoms with Crippen molar-refractivity contribution in [1.82, 2.24) is 20.0 Å². The average molecular weight is 358 g/mol. The first-order valence-electron chi connectivity index (χ1n) is 9.46. The molecule has 1 atom stereocenters. The van der Waals surface area contributed by atoms with Crippen LogP contribution in [0.25, 0.3) is 0 Å². The molecule has 0 saturated carbocycles. The molecule has 0 radical (unpaired) electrons. The van der Waals surface area contributed by atoms with E-state index >= 15 is 0 Å². The molecule has 1 aromatic heterocycles. The summed E-state index contributed by atoms with van der Waals surface area (Å²) in [5.41, 5.74) is 2.35. The minimum atomic E-state index is -0.155. The molecule has 140 valence electrons. The summed E-state index contributed by atoms with van der Waals surface area (Å²) in [5.74, 6) is -0.155. The van der Waals surface area contributed by atoms with Crippen LogP contribution in [0.5, 0.6) is 0 Å². The number of nitrogens with one attached hydrogen (secondary N) is 1. The molecule has 0 aliphatic carbocycles. The first kappa shape index (κ1) is 17.6. The molecule has 3 heterocycles. The van der Waals surface area contributed by atoms with Crippen molar-refractivity contribution in [2.45, 2.75) is 25.9 Å². The van der Waals surface area contributed by atoms with Gasteiger partial charge in [0.1, 0.15) is 5.82 Å². The summed E-state index contributed by atoms with van der Waals surface area (Å²) in [4.78, 5) is 4.94. The SMILES string of the molecule is Fc1cccc(CN2CCCC3(COCCN(Cc4ccn[nH]4)C3)C2)c1. The van der Waals surface area contributed by atoms with Crippen molar-refractivity contribution in [3.63, 3.8) is 0 Å². The first-order valence-corrected chi connectivity index (χ1v) is 9.46. The second-order valence-electron chi connectivity index (χ2n) is 7.79. The maximum absolute atomic E-state index is 13.5. The summed E-state index contributed by atoms with van der Waals surface area (Å²) >= 11 is 0. The fraction of sp³-hybridized carbons (Fsp3) is 0.550. The third-order valence-electron chi connectivity index (χ3n) is 5.51. The summed E-state index contributed by atoms with van der Waals surface area (Å²) < 4.78 is 19.5. The van der Waals surface area contributed by atoms with Gasteiger partial charge in [-0.3, -0.25) is 14.9 Å². The van der Waals surface area contributed by atoms with Gasteiger partial charge in [-0.25, -0.2) is 4.39 Å². The van der Waals surface area contributed by atoms with Crippen LogP contribution in [-0.4, -0.2) is 59.4 Å². The fourth-order valence-electron chi connectivity index (χ4n) is 4.42. The van der Waals surface area contributed by atoms with Crippen molar-refractivity contribution in [3.8, 4) is 0 Å². The van der Waals surface area contributed by atoms with Crippen LogP contribution in [0.1, 0.15) is 24.1 Å². The predicted molar refractivity (Wildman–Crippen MR) is 98.0 cm³/mol. The Morgan fingerprint density at radius 3 is 2.85 bits per heavy atom. The quantitative estimate of drug-likeness (QED) is 0.913. The molecule has 1 unspecified atom stereocenters. The number of rotatable bonds is 4. The smallest absolute Gasteiger partial charge is 0.123 e. The zero-order valence-electron chi connectivity index (χ0n) is 15.2. The Hall–Kier alpha value is -1.76. The number of halogens is 1. The number of nitrogens with zero attached hydrogens (tertiary/aromatic N) is 3. The van der Waals surface area contributed by atoms with Crippen molar-refractivity contribution < 1.29 is 9.13 Å². The molecule has 5 nitrogen and oxygen atoms in total. The lowest BCUT2D eigenvalue weighted by molar-refractivity contribution is 0.00240. The van der Waals surface area contributed by atoms with E-state index in [1.807, 2.05) is 12.1 Å². The molecule has 2 aliphatic rings. The topological polar surface area (TPSA) is 44.4 Å². The van der Waals surface area contributed by atoms with Crippen molar-refractivity contribution >= 4 is 0 Å². The molecule has 1 aromatic carbocycles. The summed E-state index contributed by atoms with van der Waals surface area (Å²) in [7, 11) is 0. The molecular weight excluding hydrogens is 331 g/mol. The Bertz CT molecular complexity index is 708. The van der Waals surface area contributed by atoms with Gasteiger partial charge in [0.2, 0.25) is 0 Å². The largest absolute Gasteiger partial charge is 0.379 e. The number of ether oxygens (including phenoxy) is 1. The number of hydrogen-bond acceptors (Lipinski definition) is 4. The Balaban J connectivity index is 1.43. The number of benzene rings is 1. The normalized spacial score (nSPS) is 25.4. The number of aromatic amines is 1. The molecule has 2 aromatic rings.